The molecule has 7 heteroatoms. The van der Waals surface area contributed by atoms with Crippen molar-refractivity contribution in [2.24, 2.45) is 7.05 Å². The number of hydrogen-bond acceptors (Lipinski definition) is 4. The first-order chi connectivity index (χ1) is 11.6. The summed E-state index contributed by atoms with van der Waals surface area (Å²) in [6.45, 7) is 1.91. The molecule has 6 nitrogen and oxygen atoms in total. The molecule has 0 fully saturated rings. The van der Waals surface area contributed by atoms with Crippen LogP contribution in [0, 0.1) is 6.92 Å². The SMILES string of the molecule is Cc1[nH]nc2c1[C@H](c1cc3ccccc3n(C)c1=O)SCC(=O)N2. The van der Waals surface area contributed by atoms with Crippen LogP contribution in [0.4, 0.5) is 5.82 Å². The van der Waals surface area contributed by atoms with Crippen molar-refractivity contribution in [3.8, 4) is 0 Å². The number of hydrogen-bond donors (Lipinski definition) is 2. The summed E-state index contributed by atoms with van der Waals surface area (Å²) in [6.07, 6.45) is 0. The van der Waals surface area contributed by atoms with Crippen LogP contribution >= 0.6 is 11.8 Å². The van der Waals surface area contributed by atoms with E-state index in [-0.39, 0.29) is 22.5 Å². The van der Waals surface area contributed by atoms with Crippen molar-refractivity contribution in [1.29, 1.82) is 0 Å². The van der Waals surface area contributed by atoms with Gasteiger partial charge in [-0.3, -0.25) is 14.7 Å². The first-order valence-electron chi connectivity index (χ1n) is 7.61. The standard InChI is InChI=1S/C17H16N4O2S/c1-9-14-15(24-8-13(22)18-16(14)20-19-9)11-7-10-5-3-4-6-12(10)21(2)17(11)23/h3-7,15H,8H2,1-2H3,(H2,18,19,20,22)/t15-/m0/s1. The molecule has 2 aromatic heterocycles. The number of rotatable bonds is 1. The number of anilines is 1. The molecule has 1 aliphatic rings. The average Bonchev–Trinajstić information content (AvgIpc) is 2.83. The monoisotopic (exact) mass is 340 g/mol. The van der Waals surface area contributed by atoms with Gasteiger partial charge in [0.2, 0.25) is 5.91 Å². The van der Waals surface area contributed by atoms with Crippen molar-refractivity contribution in [3.63, 3.8) is 0 Å². The molecule has 2 N–H and O–H groups in total. The molecular formula is C17H16N4O2S. The predicted octanol–water partition coefficient (Wildman–Crippen LogP) is 2.34. The molecule has 3 aromatic rings. The van der Waals surface area contributed by atoms with E-state index in [1.165, 1.54) is 11.8 Å². The van der Waals surface area contributed by atoms with Gasteiger partial charge in [0.05, 0.1) is 16.5 Å². The number of aryl methyl sites for hydroxylation is 2. The Balaban J connectivity index is 1.97. The Labute approximate surface area is 142 Å². The number of fused-ring (bicyclic) bond motifs is 2. The van der Waals surface area contributed by atoms with E-state index in [0.29, 0.717) is 11.4 Å². The summed E-state index contributed by atoms with van der Waals surface area (Å²) in [5.74, 6) is 0.701. The Morgan fingerprint density at radius 2 is 2.08 bits per heavy atom. The van der Waals surface area contributed by atoms with Gasteiger partial charge in [0.1, 0.15) is 0 Å². The lowest BCUT2D eigenvalue weighted by Crippen LogP contribution is -2.23. The number of aromatic amines is 1. The smallest absolute Gasteiger partial charge is 0.255 e. The third-order valence-corrected chi connectivity index (χ3v) is 5.59. The molecule has 0 radical (unpaired) electrons. The van der Waals surface area contributed by atoms with E-state index >= 15 is 0 Å². The molecule has 1 amide bonds. The van der Waals surface area contributed by atoms with Crippen LogP contribution in [0.15, 0.2) is 35.1 Å². The second-order valence-electron chi connectivity index (χ2n) is 5.87. The van der Waals surface area contributed by atoms with E-state index in [0.717, 1.165) is 22.2 Å². The van der Waals surface area contributed by atoms with Gasteiger partial charge in [-0.1, -0.05) is 18.2 Å². The Bertz CT molecular complexity index is 1020. The number of H-pyrrole nitrogens is 1. The normalized spacial score (nSPS) is 17.4. The average molecular weight is 340 g/mol. The minimum absolute atomic E-state index is 0.0490. The number of nitrogens with zero attached hydrogens (tertiary/aromatic N) is 2. The number of pyridine rings is 1. The molecule has 4 rings (SSSR count). The fourth-order valence-electron chi connectivity index (χ4n) is 3.14. The van der Waals surface area contributed by atoms with E-state index in [2.05, 4.69) is 15.5 Å². The number of para-hydroxylation sites is 1. The zero-order valence-corrected chi connectivity index (χ0v) is 14.1. The van der Waals surface area contributed by atoms with E-state index in [9.17, 15) is 9.59 Å². The second kappa shape index (κ2) is 5.52. The fourth-order valence-corrected chi connectivity index (χ4v) is 4.34. The number of aromatic nitrogens is 3. The maximum Gasteiger partial charge on any atom is 0.255 e. The highest BCUT2D eigenvalue weighted by Crippen LogP contribution is 2.41. The van der Waals surface area contributed by atoms with E-state index in [1.807, 2.05) is 37.3 Å². The number of thioether (sulfide) groups is 1. The van der Waals surface area contributed by atoms with Crippen molar-refractivity contribution in [1.82, 2.24) is 14.8 Å². The zero-order chi connectivity index (χ0) is 16.8. The van der Waals surface area contributed by atoms with Crippen LogP contribution in [0.3, 0.4) is 0 Å². The molecule has 1 aliphatic heterocycles. The van der Waals surface area contributed by atoms with Crippen molar-refractivity contribution in [3.05, 3.63) is 57.5 Å². The number of amides is 1. The van der Waals surface area contributed by atoms with Crippen LogP contribution in [0.2, 0.25) is 0 Å². The Hall–Kier alpha value is -2.54. The van der Waals surface area contributed by atoms with Gasteiger partial charge >= 0.3 is 0 Å². The summed E-state index contributed by atoms with van der Waals surface area (Å²) >= 11 is 1.45. The molecule has 24 heavy (non-hydrogen) atoms. The van der Waals surface area contributed by atoms with E-state index in [4.69, 9.17) is 0 Å². The first kappa shape index (κ1) is 15.0. The van der Waals surface area contributed by atoms with Crippen LogP contribution in [0.25, 0.3) is 10.9 Å². The molecular weight excluding hydrogens is 324 g/mol. The summed E-state index contributed by atoms with van der Waals surface area (Å²) < 4.78 is 1.67. The molecule has 0 saturated heterocycles. The van der Waals surface area contributed by atoms with Crippen LogP contribution in [0.5, 0.6) is 0 Å². The summed E-state index contributed by atoms with van der Waals surface area (Å²) in [4.78, 5) is 24.9. The van der Waals surface area contributed by atoms with Gasteiger partial charge < -0.3 is 9.88 Å². The lowest BCUT2D eigenvalue weighted by Gasteiger charge is -2.17. The molecule has 0 saturated carbocycles. The molecule has 0 spiro atoms. The maximum atomic E-state index is 12.9. The highest BCUT2D eigenvalue weighted by atomic mass is 32.2. The third-order valence-electron chi connectivity index (χ3n) is 4.34. The Kier molecular flexibility index (Phi) is 3.45. The minimum Gasteiger partial charge on any atom is -0.311 e. The molecule has 0 bridgehead atoms. The second-order valence-corrected chi connectivity index (χ2v) is 6.97. The molecule has 3 heterocycles. The highest BCUT2D eigenvalue weighted by Gasteiger charge is 2.30. The number of carbonyl (C=O) groups excluding carboxylic acids is 1. The van der Waals surface area contributed by atoms with Gasteiger partial charge in [-0.2, -0.15) is 5.10 Å². The third kappa shape index (κ3) is 2.24. The van der Waals surface area contributed by atoms with E-state index in [1.54, 1.807) is 11.6 Å². The summed E-state index contributed by atoms with van der Waals surface area (Å²) in [6, 6.07) is 9.73. The number of carbonyl (C=O) groups is 1. The summed E-state index contributed by atoms with van der Waals surface area (Å²) in [5.41, 5.74) is 3.25. The van der Waals surface area contributed by atoms with E-state index < -0.39 is 0 Å². The lowest BCUT2D eigenvalue weighted by atomic mass is 10.0. The summed E-state index contributed by atoms with van der Waals surface area (Å²) in [7, 11) is 1.78. The minimum atomic E-state index is -0.235. The fraction of sp³-hybridized carbons (Fsp3) is 0.235. The Morgan fingerprint density at radius 3 is 2.92 bits per heavy atom. The molecule has 122 valence electrons. The number of nitrogens with one attached hydrogen (secondary N) is 2. The van der Waals surface area contributed by atoms with Gasteiger partial charge in [0.15, 0.2) is 5.82 Å². The van der Waals surface area contributed by atoms with Gasteiger partial charge in [0.25, 0.3) is 5.56 Å². The predicted molar refractivity (Wildman–Crippen MR) is 95.4 cm³/mol. The van der Waals surface area contributed by atoms with Crippen LogP contribution in [-0.4, -0.2) is 26.4 Å². The van der Waals surface area contributed by atoms with Gasteiger partial charge in [0, 0.05) is 23.9 Å². The van der Waals surface area contributed by atoms with Gasteiger partial charge in [-0.05, 0) is 24.4 Å². The van der Waals surface area contributed by atoms with Crippen molar-refractivity contribution in [2.45, 2.75) is 12.2 Å². The summed E-state index contributed by atoms with van der Waals surface area (Å²) in [5, 5.41) is 10.7. The Morgan fingerprint density at radius 1 is 1.29 bits per heavy atom. The molecule has 1 atom stereocenters. The maximum absolute atomic E-state index is 12.9. The van der Waals surface area contributed by atoms with Crippen molar-refractivity contribution < 1.29 is 4.79 Å². The molecule has 1 aromatic carbocycles. The van der Waals surface area contributed by atoms with Crippen LogP contribution in [0.1, 0.15) is 22.1 Å². The lowest BCUT2D eigenvalue weighted by molar-refractivity contribution is -0.113. The van der Waals surface area contributed by atoms with Crippen LogP contribution < -0.4 is 10.9 Å². The number of benzene rings is 1. The zero-order valence-electron chi connectivity index (χ0n) is 13.3. The van der Waals surface area contributed by atoms with Gasteiger partial charge in [-0.15, -0.1) is 11.8 Å². The molecule has 0 unspecified atom stereocenters. The largest absolute Gasteiger partial charge is 0.311 e. The highest BCUT2D eigenvalue weighted by molar-refractivity contribution is 8.00. The van der Waals surface area contributed by atoms with Gasteiger partial charge in [-0.25, -0.2) is 0 Å². The quantitative estimate of drug-likeness (QED) is 0.713. The van der Waals surface area contributed by atoms with Crippen molar-refractivity contribution in [2.75, 3.05) is 11.1 Å². The topological polar surface area (TPSA) is 79.8 Å². The van der Waals surface area contributed by atoms with Crippen molar-refractivity contribution >= 4 is 34.4 Å². The first-order valence-corrected chi connectivity index (χ1v) is 8.66. The molecule has 0 aliphatic carbocycles. The van der Waals surface area contributed by atoms with Crippen LogP contribution in [-0.2, 0) is 11.8 Å².